The highest BCUT2D eigenvalue weighted by atomic mass is 32.1. The normalized spacial score (nSPS) is 18.5. The van der Waals surface area contributed by atoms with Crippen LogP contribution >= 0.6 is 11.3 Å². The Morgan fingerprint density at radius 1 is 1.57 bits per heavy atom. The van der Waals surface area contributed by atoms with Crippen LogP contribution in [0.3, 0.4) is 0 Å². The minimum atomic E-state index is -0.437. The third-order valence-electron chi connectivity index (χ3n) is 3.64. The highest BCUT2D eigenvalue weighted by molar-refractivity contribution is 7.16. The Labute approximate surface area is 135 Å². The van der Waals surface area contributed by atoms with Gasteiger partial charge in [-0.3, -0.25) is 9.69 Å². The maximum atomic E-state index is 12.0. The smallest absolute Gasteiger partial charge is 0.414 e. The zero-order chi connectivity index (χ0) is 16.6. The number of amides is 2. The van der Waals surface area contributed by atoms with E-state index in [9.17, 15) is 9.59 Å². The number of carbonyl (C=O) groups excluding carboxylic acids is 2. The second-order valence-electron chi connectivity index (χ2n) is 5.25. The third-order valence-corrected chi connectivity index (χ3v) is 4.73. The number of anilines is 1. The Morgan fingerprint density at radius 3 is 3.04 bits per heavy atom. The summed E-state index contributed by atoms with van der Waals surface area (Å²) in [4.78, 5) is 25.0. The fourth-order valence-corrected chi connectivity index (χ4v) is 3.45. The lowest BCUT2D eigenvalue weighted by Gasteiger charge is -2.13. The monoisotopic (exact) mass is 336 g/mol. The fourth-order valence-electron chi connectivity index (χ4n) is 2.48. The van der Waals surface area contributed by atoms with Crippen LogP contribution in [0.15, 0.2) is 23.4 Å². The first-order valence-electron chi connectivity index (χ1n) is 7.00. The maximum absolute atomic E-state index is 12.0. The van der Waals surface area contributed by atoms with Gasteiger partial charge >= 0.3 is 6.09 Å². The highest BCUT2D eigenvalue weighted by Gasteiger charge is 2.32. The average molecular weight is 336 g/mol. The molecule has 0 radical (unpaired) electrons. The molecule has 1 aliphatic heterocycles. The predicted molar refractivity (Wildman–Crippen MR) is 84.4 cm³/mol. The molecule has 3 rings (SSSR count). The molecular weight excluding hydrogens is 320 g/mol. The first kappa shape index (κ1) is 15.3. The van der Waals surface area contributed by atoms with Gasteiger partial charge in [0.05, 0.1) is 23.3 Å². The van der Waals surface area contributed by atoms with E-state index in [1.807, 2.05) is 18.2 Å². The molecule has 122 valence electrons. The lowest BCUT2D eigenvalue weighted by molar-refractivity contribution is -0.119. The number of benzene rings is 1. The predicted octanol–water partition coefficient (Wildman–Crippen LogP) is 0.991. The Balaban J connectivity index is 1.85. The van der Waals surface area contributed by atoms with E-state index < -0.39 is 6.09 Å². The summed E-state index contributed by atoms with van der Waals surface area (Å²) in [6.45, 7) is 2.09. The SMILES string of the molecule is CC(=O)NC[C@H]1CN(c2ccc3c(c2)sc(=NO)n3C)C(=O)O1. The van der Waals surface area contributed by atoms with Crippen molar-refractivity contribution in [1.29, 1.82) is 0 Å². The molecule has 1 saturated heterocycles. The zero-order valence-electron chi connectivity index (χ0n) is 12.6. The number of rotatable bonds is 3. The van der Waals surface area contributed by atoms with E-state index in [4.69, 9.17) is 9.94 Å². The summed E-state index contributed by atoms with van der Waals surface area (Å²) < 4.78 is 7.92. The Hall–Kier alpha value is -2.55. The number of fused-ring (bicyclic) bond motifs is 1. The van der Waals surface area contributed by atoms with Crippen LogP contribution in [0.2, 0.25) is 0 Å². The number of ether oxygens (including phenoxy) is 1. The topological polar surface area (TPSA) is 96.2 Å². The second kappa shape index (κ2) is 5.92. The molecule has 2 aromatic rings. The quantitative estimate of drug-likeness (QED) is 0.645. The number of aryl methyl sites for hydroxylation is 1. The number of hydrogen-bond donors (Lipinski definition) is 2. The van der Waals surface area contributed by atoms with Gasteiger partial charge in [-0.15, -0.1) is 0 Å². The first-order chi connectivity index (χ1) is 11.0. The van der Waals surface area contributed by atoms with Crippen LogP contribution in [-0.4, -0.2) is 41.0 Å². The van der Waals surface area contributed by atoms with Gasteiger partial charge in [0.15, 0.2) is 0 Å². The Morgan fingerprint density at radius 2 is 2.35 bits per heavy atom. The molecule has 0 unspecified atom stereocenters. The summed E-state index contributed by atoms with van der Waals surface area (Å²) in [6, 6.07) is 5.54. The molecule has 8 nitrogen and oxygen atoms in total. The van der Waals surface area contributed by atoms with Gasteiger partial charge in [-0.2, -0.15) is 0 Å². The maximum Gasteiger partial charge on any atom is 0.414 e. The summed E-state index contributed by atoms with van der Waals surface area (Å²) in [5, 5.41) is 14.9. The molecule has 2 amide bonds. The molecule has 9 heteroatoms. The zero-order valence-corrected chi connectivity index (χ0v) is 13.5. The second-order valence-corrected chi connectivity index (χ2v) is 6.26. The number of nitrogens with zero attached hydrogens (tertiary/aromatic N) is 3. The minimum Gasteiger partial charge on any atom is -0.442 e. The van der Waals surface area contributed by atoms with E-state index in [2.05, 4.69) is 10.5 Å². The van der Waals surface area contributed by atoms with Gasteiger partial charge in [0.1, 0.15) is 6.10 Å². The van der Waals surface area contributed by atoms with Crippen molar-refractivity contribution in [2.45, 2.75) is 13.0 Å². The van der Waals surface area contributed by atoms with E-state index >= 15 is 0 Å². The van der Waals surface area contributed by atoms with Crippen molar-refractivity contribution in [3.8, 4) is 0 Å². The van der Waals surface area contributed by atoms with Gasteiger partial charge in [-0.1, -0.05) is 16.5 Å². The summed E-state index contributed by atoms with van der Waals surface area (Å²) in [7, 11) is 1.81. The summed E-state index contributed by atoms with van der Waals surface area (Å²) in [5.74, 6) is -0.160. The van der Waals surface area contributed by atoms with E-state index in [1.54, 1.807) is 11.6 Å². The number of thiazole rings is 1. The Kier molecular flexibility index (Phi) is 3.95. The summed E-state index contributed by atoms with van der Waals surface area (Å²) in [6.07, 6.45) is -0.808. The molecule has 1 atom stereocenters. The van der Waals surface area contributed by atoms with Crippen molar-refractivity contribution < 1.29 is 19.5 Å². The van der Waals surface area contributed by atoms with Crippen LogP contribution in [0, 0.1) is 0 Å². The van der Waals surface area contributed by atoms with Crippen LogP contribution in [0.1, 0.15) is 6.92 Å². The van der Waals surface area contributed by atoms with Crippen LogP contribution in [0.5, 0.6) is 0 Å². The standard InChI is InChI=1S/C14H16N4O4S/c1-8(19)15-6-10-7-18(14(20)22-10)9-3-4-11-12(5-9)23-13(16-21)17(11)2/h3-5,10,21H,6-7H2,1-2H3,(H,15,19)/t10-/m0/s1. The number of hydrogen-bond acceptors (Lipinski definition) is 6. The van der Waals surface area contributed by atoms with Crippen LogP contribution < -0.4 is 15.0 Å². The molecule has 0 saturated carbocycles. The van der Waals surface area contributed by atoms with Gasteiger partial charge in [0.2, 0.25) is 10.7 Å². The van der Waals surface area contributed by atoms with Crippen LogP contribution in [-0.2, 0) is 16.6 Å². The van der Waals surface area contributed by atoms with Crippen molar-refractivity contribution in [2.24, 2.45) is 12.2 Å². The van der Waals surface area contributed by atoms with E-state index in [-0.39, 0.29) is 12.0 Å². The van der Waals surface area contributed by atoms with Crippen molar-refractivity contribution in [1.82, 2.24) is 9.88 Å². The van der Waals surface area contributed by atoms with Crippen molar-refractivity contribution >= 4 is 39.2 Å². The van der Waals surface area contributed by atoms with Gasteiger partial charge in [0.25, 0.3) is 0 Å². The van der Waals surface area contributed by atoms with Crippen LogP contribution in [0.25, 0.3) is 10.2 Å². The minimum absolute atomic E-state index is 0.160. The summed E-state index contributed by atoms with van der Waals surface area (Å²) >= 11 is 1.32. The fraction of sp³-hybridized carbons (Fsp3) is 0.357. The van der Waals surface area contributed by atoms with E-state index in [0.717, 1.165) is 10.2 Å². The molecule has 0 aliphatic carbocycles. The van der Waals surface area contributed by atoms with Gasteiger partial charge in [-0.05, 0) is 18.2 Å². The first-order valence-corrected chi connectivity index (χ1v) is 7.81. The number of aromatic nitrogens is 1. The van der Waals surface area contributed by atoms with Gasteiger partial charge in [-0.25, -0.2) is 4.79 Å². The Bertz CT molecular complexity index is 841. The van der Waals surface area contributed by atoms with Crippen molar-refractivity contribution in [3.05, 3.63) is 23.0 Å². The molecule has 2 heterocycles. The summed E-state index contributed by atoms with van der Waals surface area (Å²) in [5.41, 5.74) is 1.62. The third kappa shape index (κ3) is 2.87. The van der Waals surface area contributed by atoms with Gasteiger partial charge in [0, 0.05) is 19.7 Å². The molecule has 1 fully saturated rings. The van der Waals surface area contributed by atoms with E-state index in [0.29, 0.717) is 23.6 Å². The molecule has 0 spiro atoms. The molecule has 2 N–H and O–H groups in total. The molecule has 0 bridgehead atoms. The molecule has 23 heavy (non-hydrogen) atoms. The largest absolute Gasteiger partial charge is 0.442 e. The molecular formula is C14H16N4O4S. The average Bonchev–Trinajstić information content (AvgIpc) is 3.05. The number of nitrogens with one attached hydrogen (secondary N) is 1. The highest BCUT2D eigenvalue weighted by Crippen LogP contribution is 2.27. The van der Waals surface area contributed by atoms with Crippen molar-refractivity contribution in [2.75, 3.05) is 18.0 Å². The lowest BCUT2D eigenvalue weighted by Crippen LogP contribution is -2.33. The molecule has 1 aromatic carbocycles. The number of cyclic esters (lactones) is 1. The molecule has 1 aromatic heterocycles. The number of carbonyl (C=O) groups is 2. The van der Waals surface area contributed by atoms with Gasteiger partial charge < -0.3 is 19.8 Å². The van der Waals surface area contributed by atoms with E-state index in [1.165, 1.54) is 23.2 Å². The lowest BCUT2D eigenvalue weighted by atomic mass is 10.2. The molecule has 1 aliphatic rings. The van der Waals surface area contributed by atoms with Crippen LogP contribution in [0.4, 0.5) is 10.5 Å². The van der Waals surface area contributed by atoms with Crippen molar-refractivity contribution in [3.63, 3.8) is 0 Å².